The second-order valence-corrected chi connectivity index (χ2v) is 5.19. The highest BCUT2D eigenvalue weighted by Crippen LogP contribution is 2.27. The van der Waals surface area contributed by atoms with Crippen LogP contribution < -0.4 is 5.32 Å². The predicted octanol–water partition coefficient (Wildman–Crippen LogP) is 3.85. The lowest BCUT2D eigenvalue weighted by molar-refractivity contribution is -0.383. The maximum Gasteiger partial charge on any atom is 0.294 e. The molecule has 2 rings (SSSR count). The van der Waals surface area contributed by atoms with E-state index < -0.39 is 10.8 Å². The van der Waals surface area contributed by atoms with E-state index in [0.29, 0.717) is 5.56 Å². The molecule has 2 aromatic carbocycles. The smallest absolute Gasteiger partial charge is 0.294 e. The van der Waals surface area contributed by atoms with Gasteiger partial charge in [-0.2, -0.15) is 0 Å². The second kappa shape index (κ2) is 7.51. The maximum absolute atomic E-state index is 11.9. The van der Waals surface area contributed by atoms with Gasteiger partial charge < -0.3 is 5.32 Å². The Hall–Kier alpha value is -2.73. The summed E-state index contributed by atoms with van der Waals surface area (Å²) in [6.07, 6.45) is -0.0370. The summed E-state index contributed by atoms with van der Waals surface area (Å²) >= 11 is 5.71. The van der Waals surface area contributed by atoms with Crippen LogP contribution in [-0.4, -0.2) is 16.6 Å². The van der Waals surface area contributed by atoms with Crippen LogP contribution in [0.3, 0.4) is 0 Å². The number of carbonyl (C=O) groups is 2. The Morgan fingerprint density at radius 1 is 1.09 bits per heavy atom. The standard InChI is InChI=1S/C16H13ClN2O4/c17-12-6-7-13(14(10-12)19(22)23)18-16(21)9-8-15(20)11-4-2-1-3-5-11/h1-7,10H,8-9H2,(H,18,21). The Balaban J connectivity index is 1.98. The number of hydrogen-bond acceptors (Lipinski definition) is 4. The first kappa shape index (κ1) is 16.6. The van der Waals surface area contributed by atoms with E-state index in [-0.39, 0.29) is 35.0 Å². The molecule has 0 spiro atoms. The molecule has 1 amide bonds. The van der Waals surface area contributed by atoms with Gasteiger partial charge in [-0.1, -0.05) is 41.9 Å². The van der Waals surface area contributed by atoms with Gasteiger partial charge in [0.2, 0.25) is 5.91 Å². The molecular formula is C16H13ClN2O4. The summed E-state index contributed by atoms with van der Waals surface area (Å²) in [5.41, 5.74) is 0.287. The first-order chi connectivity index (χ1) is 11.0. The zero-order chi connectivity index (χ0) is 16.8. The van der Waals surface area contributed by atoms with Crippen molar-refractivity contribution in [2.75, 3.05) is 5.32 Å². The Labute approximate surface area is 137 Å². The van der Waals surface area contributed by atoms with Crippen LogP contribution >= 0.6 is 11.6 Å². The average molecular weight is 333 g/mol. The molecule has 0 unspecified atom stereocenters. The third-order valence-corrected chi connectivity index (χ3v) is 3.34. The fourth-order valence-electron chi connectivity index (χ4n) is 1.97. The van der Waals surface area contributed by atoms with Crippen LogP contribution in [0.5, 0.6) is 0 Å². The second-order valence-electron chi connectivity index (χ2n) is 4.76. The SMILES string of the molecule is O=C(CCC(=O)c1ccccc1)Nc1ccc(Cl)cc1[N+](=O)[O-]. The topological polar surface area (TPSA) is 89.3 Å². The van der Waals surface area contributed by atoms with Crippen molar-refractivity contribution in [3.63, 3.8) is 0 Å². The molecule has 2 aromatic rings. The maximum atomic E-state index is 11.9. The van der Waals surface area contributed by atoms with Crippen LogP contribution in [0.4, 0.5) is 11.4 Å². The van der Waals surface area contributed by atoms with Crippen molar-refractivity contribution >= 4 is 34.7 Å². The normalized spacial score (nSPS) is 10.1. The van der Waals surface area contributed by atoms with Crippen molar-refractivity contribution in [2.45, 2.75) is 12.8 Å². The highest BCUT2D eigenvalue weighted by atomic mass is 35.5. The number of ketones is 1. The highest BCUT2D eigenvalue weighted by molar-refractivity contribution is 6.31. The van der Waals surface area contributed by atoms with Gasteiger partial charge in [0.05, 0.1) is 4.92 Å². The fourth-order valence-corrected chi connectivity index (χ4v) is 2.14. The van der Waals surface area contributed by atoms with E-state index in [2.05, 4.69) is 5.32 Å². The number of nitro groups is 1. The van der Waals surface area contributed by atoms with Gasteiger partial charge in [0.1, 0.15) is 5.69 Å². The first-order valence-electron chi connectivity index (χ1n) is 6.79. The number of nitrogens with zero attached hydrogens (tertiary/aromatic N) is 1. The molecule has 118 valence electrons. The lowest BCUT2D eigenvalue weighted by Gasteiger charge is -2.06. The third-order valence-electron chi connectivity index (χ3n) is 3.11. The van der Waals surface area contributed by atoms with Crippen LogP contribution in [0, 0.1) is 10.1 Å². The van der Waals surface area contributed by atoms with E-state index in [1.165, 1.54) is 12.1 Å². The molecule has 0 radical (unpaired) electrons. The Morgan fingerprint density at radius 3 is 2.43 bits per heavy atom. The molecule has 0 saturated carbocycles. The molecule has 0 aliphatic heterocycles. The third kappa shape index (κ3) is 4.62. The molecule has 0 saturated heterocycles. The van der Waals surface area contributed by atoms with Crippen molar-refractivity contribution in [1.29, 1.82) is 0 Å². The summed E-state index contributed by atoms with van der Waals surface area (Å²) in [5, 5.41) is 13.6. The minimum Gasteiger partial charge on any atom is -0.320 e. The number of nitrogens with one attached hydrogen (secondary N) is 1. The molecule has 0 fully saturated rings. The summed E-state index contributed by atoms with van der Waals surface area (Å²) in [6.45, 7) is 0. The number of Topliss-reactive ketones (excluding diaryl/α,β-unsaturated/α-hetero) is 1. The zero-order valence-corrected chi connectivity index (χ0v) is 12.7. The minimum atomic E-state index is -0.628. The van der Waals surface area contributed by atoms with E-state index in [1.807, 2.05) is 0 Å². The Kier molecular flexibility index (Phi) is 5.43. The van der Waals surface area contributed by atoms with Gasteiger partial charge in [-0.05, 0) is 12.1 Å². The summed E-state index contributed by atoms with van der Waals surface area (Å²) in [6, 6.07) is 12.6. The lowest BCUT2D eigenvalue weighted by atomic mass is 10.1. The van der Waals surface area contributed by atoms with Crippen molar-refractivity contribution in [2.24, 2.45) is 0 Å². The summed E-state index contributed by atoms with van der Waals surface area (Å²) in [7, 11) is 0. The van der Waals surface area contributed by atoms with E-state index >= 15 is 0 Å². The summed E-state index contributed by atoms with van der Waals surface area (Å²) in [4.78, 5) is 34.1. The largest absolute Gasteiger partial charge is 0.320 e. The molecule has 0 aromatic heterocycles. The first-order valence-corrected chi connectivity index (χ1v) is 7.17. The number of halogens is 1. The summed E-state index contributed by atoms with van der Waals surface area (Å²) < 4.78 is 0. The number of carbonyl (C=O) groups excluding carboxylic acids is 2. The van der Waals surface area contributed by atoms with Crippen molar-refractivity contribution in [1.82, 2.24) is 0 Å². The van der Waals surface area contributed by atoms with Gasteiger partial charge in [-0.3, -0.25) is 19.7 Å². The van der Waals surface area contributed by atoms with E-state index in [1.54, 1.807) is 30.3 Å². The Bertz CT molecular complexity index is 747. The average Bonchev–Trinajstić information content (AvgIpc) is 2.55. The van der Waals surface area contributed by atoms with Crippen LogP contribution in [0.15, 0.2) is 48.5 Å². The molecule has 1 N–H and O–H groups in total. The van der Waals surface area contributed by atoms with Crippen molar-refractivity contribution < 1.29 is 14.5 Å². The monoisotopic (exact) mass is 332 g/mol. The molecule has 6 nitrogen and oxygen atoms in total. The van der Waals surface area contributed by atoms with Crippen molar-refractivity contribution in [3.05, 3.63) is 69.2 Å². The minimum absolute atomic E-state index is 0.0250. The van der Waals surface area contributed by atoms with E-state index in [4.69, 9.17) is 11.6 Å². The molecule has 0 bridgehead atoms. The van der Waals surface area contributed by atoms with Gasteiger partial charge in [0, 0.05) is 29.5 Å². The number of nitro benzene ring substituents is 1. The van der Waals surface area contributed by atoms with Crippen molar-refractivity contribution in [3.8, 4) is 0 Å². The van der Waals surface area contributed by atoms with Gasteiger partial charge in [0.15, 0.2) is 5.78 Å². The lowest BCUT2D eigenvalue weighted by Crippen LogP contribution is -2.14. The molecule has 0 atom stereocenters. The van der Waals surface area contributed by atoms with Gasteiger partial charge in [0.25, 0.3) is 5.69 Å². The number of amides is 1. The highest BCUT2D eigenvalue weighted by Gasteiger charge is 2.17. The summed E-state index contributed by atoms with van der Waals surface area (Å²) in [5.74, 6) is -0.633. The quantitative estimate of drug-likeness (QED) is 0.494. The van der Waals surface area contributed by atoms with E-state index in [0.717, 1.165) is 6.07 Å². The predicted molar refractivity (Wildman–Crippen MR) is 86.7 cm³/mol. The van der Waals surface area contributed by atoms with Crippen LogP contribution in [-0.2, 0) is 4.79 Å². The van der Waals surface area contributed by atoms with E-state index in [9.17, 15) is 19.7 Å². The molecule has 0 heterocycles. The number of benzene rings is 2. The molecule has 0 aliphatic carbocycles. The zero-order valence-electron chi connectivity index (χ0n) is 12.0. The van der Waals surface area contributed by atoms with Gasteiger partial charge in [-0.25, -0.2) is 0 Å². The number of hydrogen-bond donors (Lipinski definition) is 1. The molecular weight excluding hydrogens is 320 g/mol. The van der Waals surface area contributed by atoms with Gasteiger partial charge >= 0.3 is 0 Å². The Morgan fingerprint density at radius 2 is 1.78 bits per heavy atom. The van der Waals surface area contributed by atoms with Gasteiger partial charge in [-0.15, -0.1) is 0 Å². The molecule has 23 heavy (non-hydrogen) atoms. The molecule has 0 aliphatic rings. The van der Waals surface area contributed by atoms with Crippen LogP contribution in [0.25, 0.3) is 0 Å². The van der Waals surface area contributed by atoms with Crippen LogP contribution in [0.2, 0.25) is 5.02 Å². The number of rotatable bonds is 6. The molecule has 7 heteroatoms. The number of anilines is 1. The fraction of sp³-hybridized carbons (Fsp3) is 0.125. The van der Waals surface area contributed by atoms with Crippen LogP contribution in [0.1, 0.15) is 23.2 Å².